The summed E-state index contributed by atoms with van der Waals surface area (Å²) >= 11 is 1.05. The van der Waals surface area contributed by atoms with Gasteiger partial charge >= 0.3 is 23.9 Å². The number of hydrogen-bond acceptors (Lipinski definition) is 9. The van der Waals surface area contributed by atoms with Gasteiger partial charge in [0, 0.05) is 12.7 Å². The van der Waals surface area contributed by atoms with Crippen LogP contribution in [0.3, 0.4) is 0 Å². The van der Waals surface area contributed by atoms with E-state index in [1.807, 2.05) is 4.72 Å². The fourth-order valence-electron chi connectivity index (χ4n) is 1.46. The summed E-state index contributed by atoms with van der Waals surface area (Å²) in [7, 11) is 1.38. The van der Waals surface area contributed by atoms with Crippen LogP contribution in [0.4, 0.5) is 10.5 Å². The normalized spacial score (nSPS) is 9.77. The number of amides is 2. The second kappa shape index (κ2) is 11.1. The van der Waals surface area contributed by atoms with Crippen LogP contribution in [0.1, 0.15) is 6.92 Å². The third-order valence-electron chi connectivity index (χ3n) is 2.54. The summed E-state index contributed by atoms with van der Waals surface area (Å²) in [5.41, 5.74) is 0.650. The molecule has 142 valence electrons. The van der Waals surface area contributed by atoms with Crippen LogP contribution < -0.4 is 9.03 Å². The molecule has 0 saturated carbocycles. The number of rotatable bonds is 8. The minimum Gasteiger partial charge on any atom is -0.474 e. The van der Waals surface area contributed by atoms with Crippen molar-refractivity contribution in [2.24, 2.45) is 0 Å². The van der Waals surface area contributed by atoms with E-state index in [4.69, 9.17) is 9.84 Å². The number of hydrogen-bond donors (Lipinski definition) is 2. The molecule has 0 unspecified atom stereocenters. The zero-order chi connectivity index (χ0) is 19.5. The lowest BCUT2D eigenvalue weighted by atomic mass is 10.3. The highest BCUT2D eigenvalue weighted by molar-refractivity contribution is 7.99. The van der Waals surface area contributed by atoms with E-state index in [2.05, 4.69) is 4.18 Å². The first kappa shape index (κ1) is 21.4. The number of carbonyl (C=O) groups is 4. The second-order valence-electron chi connectivity index (χ2n) is 4.43. The molecule has 0 aliphatic heterocycles. The fourth-order valence-corrected chi connectivity index (χ4v) is 2.67. The molecule has 2 amide bonds. The Labute approximate surface area is 158 Å². The molecule has 0 aromatic heterocycles. The van der Waals surface area contributed by atoms with E-state index in [0.29, 0.717) is 5.69 Å². The fraction of sp³-hybridized carbons (Fsp3) is 0.286. The second-order valence-corrected chi connectivity index (χ2v) is 6.11. The summed E-state index contributed by atoms with van der Waals surface area (Å²) in [6, 6.07) is 8.82. The number of nitrogens with one attached hydrogen (secondary N) is 1. The van der Waals surface area contributed by atoms with Gasteiger partial charge in [-0.15, -0.1) is 0 Å². The van der Waals surface area contributed by atoms with Crippen molar-refractivity contribution >= 4 is 54.0 Å². The molecule has 0 aliphatic rings. The lowest BCUT2D eigenvalue weighted by Gasteiger charge is -2.26. The number of para-hydroxylation sites is 1. The molecule has 0 atom stereocenters. The first-order chi connectivity index (χ1) is 12.3. The van der Waals surface area contributed by atoms with E-state index in [-0.39, 0.29) is 25.4 Å². The minimum absolute atomic E-state index is 0.122. The smallest absolute Gasteiger partial charge is 0.434 e. The zero-order valence-corrected chi connectivity index (χ0v) is 15.5. The van der Waals surface area contributed by atoms with E-state index in [1.54, 1.807) is 37.3 Å². The van der Waals surface area contributed by atoms with Gasteiger partial charge in [-0.2, -0.15) is 0 Å². The maximum atomic E-state index is 11.9. The van der Waals surface area contributed by atoms with Gasteiger partial charge in [0.15, 0.2) is 12.2 Å². The molecule has 2 N–H and O–H groups in total. The molecule has 10 nitrogen and oxygen atoms in total. The summed E-state index contributed by atoms with van der Waals surface area (Å²) in [6.07, 6.45) is -0.879. The van der Waals surface area contributed by atoms with Crippen molar-refractivity contribution in [3.05, 3.63) is 30.3 Å². The van der Waals surface area contributed by atoms with Crippen molar-refractivity contribution < 1.29 is 33.2 Å². The highest BCUT2D eigenvalue weighted by atomic mass is 32.2. The lowest BCUT2D eigenvalue weighted by Crippen LogP contribution is -2.32. The molecule has 0 aliphatic carbocycles. The molecule has 0 bridgehead atoms. The Balaban J connectivity index is 2.65. The van der Waals surface area contributed by atoms with Crippen molar-refractivity contribution in [3.8, 4) is 0 Å². The van der Waals surface area contributed by atoms with Crippen LogP contribution in [0.5, 0.6) is 0 Å². The Morgan fingerprint density at radius 3 is 2.42 bits per heavy atom. The van der Waals surface area contributed by atoms with Gasteiger partial charge in [0.25, 0.3) is 0 Å². The van der Waals surface area contributed by atoms with Crippen molar-refractivity contribution in [3.63, 3.8) is 0 Å². The van der Waals surface area contributed by atoms with E-state index < -0.39 is 23.9 Å². The molecule has 1 rings (SSSR count). The van der Waals surface area contributed by atoms with E-state index in [0.717, 1.165) is 16.4 Å². The van der Waals surface area contributed by atoms with Crippen LogP contribution >= 0.6 is 24.4 Å². The molecule has 1 aromatic carbocycles. The van der Waals surface area contributed by atoms with Crippen molar-refractivity contribution in [2.45, 2.75) is 6.92 Å². The SMILES string of the molecule is CCOC(=O)CN(SN(C)C(=O)OSNC(=O)C(=O)O)c1ccccc1. The Morgan fingerprint density at radius 1 is 1.19 bits per heavy atom. The van der Waals surface area contributed by atoms with Crippen LogP contribution in [0.25, 0.3) is 0 Å². The van der Waals surface area contributed by atoms with Crippen molar-refractivity contribution in [2.75, 3.05) is 24.5 Å². The van der Waals surface area contributed by atoms with Gasteiger partial charge in [-0.3, -0.25) is 18.6 Å². The maximum absolute atomic E-state index is 11.9. The summed E-state index contributed by atoms with van der Waals surface area (Å²) in [5.74, 6) is -3.51. The number of ether oxygens (including phenoxy) is 1. The standard InChI is InChI=1S/C14H17N3O7S2/c1-3-23-11(18)9-17(10-7-5-4-6-8-10)26-16(2)14(22)24-25-15-12(19)13(20)21/h4-8H,3,9H2,1-2H3,(H,15,19)(H,20,21). The topological polar surface area (TPSA) is 125 Å². The number of benzene rings is 1. The Bertz CT molecular complexity index is 645. The molecule has 12 heteroatoms. The van der Waals surface area contributed by atoms with Gasteiger partial charge in [-0.05, 0) is 19.1 Å². The van der Waals surface area contributed by atoms with Gasteiger partial charge in [0.1, 0.15) is 6.54 Å². The number of carbonyl (C=O) groups excluding carboxylic acids is 3. The molecule has 0 fully saturated rings. The highest BCUT2D eigenvalue weighted by Crippen LogP contribution is 2.25. The minimum atomic E-state index is -1.71. The van der Waals surface area contributed by atoms with Crippen molar-refractivity contribution in [1.29, 1.82) is 0 Å². The summed E-state index contributed by atoms with van der Waals surface area (Å²) in [5, 5.41) is 8.40. The van der Waals surface area contributed by atoms with Crippen LogP contribution in [-0.4, -0.2) is 53.6 Å². The van der Waals surface area contributed by atoms with E-state index in [9.17, 15) is 19.2 Å². The maximum Gasteiger partial charge on any atom is 0.434 e. The Kier molecular flexibility index (Phi) is 9.15. The summed E-state index contributed by atoms with van der Waals surface area (Å²) < 4.78 is 14.0. The predicted molar refractivity (Wildman–Crippen MR) is 95.6 cm³/mol. The van der Waals surface area contributed by atoms with Gasteiger partial charge in [-0.25, -0.2) is 13.9 Å². The number of esters is 1. The average Bonchev–Trinajstić information content (AvgIpc) is 2.61. The van der Waals surface area contributed by atoms with E-state index >= 15 is 0 Å². The number of anilines is 1. The summed E-state index contributed by atoms with van der Waals surface area (Å²) in [6.45, 7) is 1.79. The number of nitrogens with zero attached hydrogens (tertiary/aromatic N) is 2. The molecule has 0 saturated heterocycles. The van der Waals surface area contributed by atoms with Crippen LogP contribution in [-0.2, 0) is 23.3 Å². The van der Waals surface area contributed by atoms with Gasteiger partial charge < -0.3 is 14.0 Å². The van der Waals surface area contributed by atoms with Gasteiger partial charge in [0.2, 0.25) is 0 Å². The van der Waals surface area contributed by atoms with Gasteiger partial charge in [0.05, 0.1) is 18.7 Å². The van der Waals surface area contributed by atoms with Crippen LogP contribution in [0.15, 0.2) is 30.3 Å². The molecule has 0 heterocycles. The monoisotopic (exact) mass is 403 g/mol. The Hall–Kier alpha value is -2.60. The third kappa shape index (κ3) is 7.53. The van der Waals surface area contributed by atoms with Gasteiger partial charge in [-0.1, -0.05) is 18.2 Å². The quantitative estimate of drug-likeness (QED) is 0.285. The highest BCUT2D eigenvalue weighted by Gasteiger charge is 2.21. The zero-order valence-electron chi connectivity index (χ0n) is 13.9. The van der Waals surface area contributed by atoms with Crippen molar-refractivity contribution in [1.82, 2.24) is 9.03 Å². The molecule has 1 aromatic rings. The van der Waals surface area contributed by atoms with Crippen LogP contribution in [0.2, 0.25) is 0 Å². The molecule has 26 heavy (non-hydrogen) atoms. The number of aliphatic carboxylic acids is 1. The molecule has 0 radical (unpaired) electrons. The Morgan fingerprint density at radius 2 is 1.85 bits per heavy atom. The molecular weight excluding hydrogens is 386 g/mol. The average molecular weight is 403 g/mol. The predicted octanol–water partition coefficient (Wildman–Crippen LogP) is 1.45. The largest absolute Gasteiger partial charge is 0.474 e. The molecular formula is C14H17N3O7S2. The third-order valence-corrected chi connectivity index (χ3v) is 3.97. The summed E-state index contributed by atoms with van der Waals surface area (Å²) in [4.78, 5) is 44.8. The van der Waals surface area contributed by atoms with E-state index in [1.165, 1.54) is 11.4 Å². The van der Waals surface area contributed by atoms with Crippen LogP contribution in [0, 0.1) is 0 Å². The number of carboxylic acid groups (broad SMARTS) is 1. The molecule has 0 spiro atoms. The number of carboxylic acids is 1. The lowest BCUT2D eigenvalue weighted by molar-refractivity contribution is -0.149. The first-order valence-corrected chi connectivity index (χ1v) is 8.63. The first-order valence-electron chi connectivity index (χ1n) is 7.15.